The van der Waals surface area contributed by atoms with Crippen LogP contribution in [0.4, 0.5) is 0 Å². The van der Waals surface area contributed by atoms with E-state index in [4.69, 9.17) is 4.74 Å². The third-order valence-corrected chi connectivity index (χ3v) is 3.99. The van der Waals surface area contributed by atoms with Crippen LogP contribution in [0.25, 0.3) is 0 Å². The van der Waals surface area contributed by atoms with Gasteiger partial charge >= 0.3 is 0 Å². The molecule has 4 nitrogen and oxygen atoms in total. The molecule has 0 aromatic heterocycles. The van der Waals surface area contributed by atoms with E-state index < -0.39 is 0 Å². The summed E-state index contributed by atoms with van der Waals surface area (Å²) in [5.41, 5.74) is 2.55. The number of hydrogen-bond acceptors (Lipinski definition) is 3. The topological polar surface area (TPSA) is 41.6 Å². The molecule has 1 aromatic carbocycles. The van der Waals surface area contributed by atoms with E-state index in [9.17, 15) is 4.79 Å². The lowest BCUT2D eigenvalue weighted by atomic mass is 10.1. The molecule has 0 saturated carbocycles. The predicted molar refractivity (Wildman–Crippen MR) is 88.7 cm³/mol. The number of likely N-dealkylation sites (tertiary alicyclic amines) is 1. The number of hydrogen-bond donors (Lipinski definition) is 1. The van der Waals surface area contributed by atoms with Crippen LogP contribution in [0.1, 0.15) is 37.8 Å². The van der Waals surface area contributed by atoms with Crippen molar-refractivity contribution in [3.05, 3.63) is 35.4 Å². The summed E-state index contributed by atoms with van der Waals surface area (Å²) >= 11 is 0. The molecule has 22 heavy (non-hydrogen) atoms. The van der Waals surface area contributed by atoms with E-state index in [1.54, 1.807) is 0 Å². The first-order valence-electron chi connectivity index (χ1n) is 8.25. The molecular formula is C18H28N2O2. The molecule has 1 fully saturated rings. The number of carbonyl (C=O) groups is 1. The number of nitrogens with zero attached hydrogens (tertiary/aromatic N) is 1. The number of ether oxygens (including phenoxy) is 1. The average molecular weight is 304 g/mol. The van der Waals surface area contributed by atoms with E-state index in [1.165, 1.54) is 11.1 Å². The highest BCUT2D eigenvalue weighted by Crippen LogP contribution is 2.20. The first-order chi connectivity index (χ1) is 10.6. The van der Waals surface area contributed by atoms with Gasteiger partial charge in [-0.05, 0) is 45.7 Å². The van der Waals surface area contributed by atoms with Crippen LogP contribution in [-0.2, 0) is 16.1 Å². The molecule has 1 N–H and O–H groups in total. The Hall–Kier alpha value is -1.39. The predicted octanol–water partition coefficient (Wildman–Crippen LogP) is 2.50. The van der Waals surface area contributed by atoms with E-state index in [1.807, 2.05) is 13.8 Å². The fraction of sp³-hybridized carbons (Fsp3) is 0.611. The molecule has 1 heterocycles. The van der Waals surface area contributed by atoms with Gasteiger partial charge in [0.25, 0.3) is 0 Å². The number of aryl methyl sites for hydroxylation is 1. The molecule has 1 amide bonds. The molecule has 0 spiro atoms. The van der Waals surface area contributed by atoms with Gasteiger partial charge in [0, 0.05) is 13.1 Å². The summed E-state index contributed by atoms with van der Waals surface area (Å²) in [7, 11) is 0. The summed E-state index contributed by atoms with van der Waals surface area (Å²) < 4.78 is 5.46. The maximum absolute atomic E-state index is 12.3. The number of carbonyl (C=O) groups excluding carboxylic acids is 1. The smallest absolute Gasteiger partial charge is 0.237 e. The van der Waals surface area contributed by atoms with Gasteiger partial charge in [0.1, 0.15) is 0 Å². The lowest BCUT2D eigenvalue weighted by Crippen LogP contribution is -2.43. The first kappa shape index (κ1) is 17.0. The SMILES string of the molecule is Cc1cccc(CN2CCCC2C(=O)NCCOC(C)C)c1. The van der Waals surface area contributed by atoms with Crippen LogP contribution in [-0.4, -0.2) is 42.6 Å². The van der Waals surface area contributed by atoms with E-state index in [0.717, 1.165) is 25.9 Å². The molecule has 1 saturated heterocycles. The number of rotatable bonds is 7. The maximum atomic E-state index is 12.3. The molecule has 1 unspecified atom stereocenters. The van der Waals surface area contributed by atoms with Crippen molar-refractivity contribution in [3.63, 3.8) is 0 Å². The summed E-state index contributed by atoms with van der Waals surface area (Å²) in [6.45, 7) is 9.12. The zero-order valence-corrected chi connectivity index (χ0v) is 14.0. The number of amides is 1. The molecule has 0 aliphatic carbocycles. The minimum atomic E-state index is -0.000405. The van der Waals surface area contributed by atoms with E-state index in [-0.39, 0.29) is 18.1 Å². The molecule has 2 rings (SSSR count). The van der Waals surface area contributed by atoms with Gasteiger partial charge in [-0.25, -0.2) is 0 Å². The Morgan fingerprint density at radius 2 is 2.27 bits per heavy atom. The van der Waals surface area contributed by atoms with Crippen molar-refractivity contribution in [3.8, 4) is 0 Å². The van der Waals surface area contributed by atoms with Gasteiger partial charge in [-0.1, -0.05) is 29.8 Å². The minimum Gasteiger partial charge on any atom is -0.377 e. The van der Waals surface area contributed by atoms with Crippen LogP contribution >= 0.6 is 0 Å². The number of benzene rings is 1. The summed E-state index contributed by atoms with van der Waals surface area (Å²) in [5, 5.41) is 3.00. The van der Waals surface area contributed by atoms with Gasteiger partial charge in [0.2, 0.25) is 5.91 Å². The van der Waals surface area contributed by atoms with Crippen LogP contribution in [0.15, 0.2) is 24.3 Å². The summed E-state index contributed by atoms with van der Waals surface area (Å²) in [6.07, 6.45) is 2.25. The molecule has 1 aliphatic rings. The Labute approximate surface area is 133 Å². The van der Waals surface area contributed by atoms with Crippen LogP contribution in [0, 0.1) is 6.92 Å². The summed E-state index contributed by atoms with van der Waals surface area (Å²) in [5.74, 6) is 0.137. The largest absolute Gasteiger partial charge is 0.377 e. The monoisotopic (exact) mass is 304 g/mol. The van der Waals surface area contributed by atoms with Crippen LogP contribution in [0.2, 0.25) is 0 Å². The molecule has 1 aromatic rings. The van der Waals surface area contributed by atoms with E-state index >= 15 is 0 Å². The second kappa shape index (κ2) is 8.30. The lowest BCUT2D eigenvalue weighted by molar-refractivity contribution is -0.125. The molecule has 122 valence electrons. The van der Waals surface area contributed by atoms with Gasteiger partial charge in [-0.3, -0.25) is 9.69 Å². The minimum absolute atomic E-state index is 0.000405. The normalized spacial score (nSPS) is 18.8. The van der Waals surface area contributed by atoms with Crippen molar-refractivity contribution < 1.29 is 9.53 Å². The van der Waals surface area contributed by atoms with Crippen molar-refractivity contribution in [1.29, 1.82) is 0 Å². The second-order valence-electron chi connectivity index (χ2n) is 6.33. The fourth-order valence-corrected chi connectivity index (χ4v) is 2.94. The lowest BCUT2D eigenvalue weighted by Gasteiger charge is -2.24. The third kappa shape index (κ3) is 5.11. The maximum Gasteiger partial charge on any atom is 0.237 e. The first-order valence-corrected chi connectivity index (χ1v) is 8.25. The molecule has 0 radical (unpaired) electrons. The van der Waals surface area contributed by atoms with Crippen molar-refractivity contribution in [2.75, 3.05) is 19.7 Å². The summed E-state index contributed by atoms with van der Waals surface area (Å²) in [6, 6.07) is 8.52. The Morgan fingerprint density at radius 3 is 3.00 bits per heavy atom. The Balaban J connectivity index is 1.83. The summed E-state index contributed by atoms with van der Waals surface area (Å²) in [4.78, 5) is 14.6. The highest BCUT2D eigenvalue weighted by molar-refractivity contribution is 5.82. The second-order valence-corrected chi connectivity index (χ2v) is 6.33. The van der Waals surface area contributed by atoms with Crippen molar-refractivity contribution in [2.24, 2.45) is 0 Å². The highest BCUT2D eigenvalue weighted by Gasteiger charge is 2.30. The fourth-order valence-electron chi connectivity index (χ4n) is 2.94. The van der Waals surface area contributed by atoms with Gasteiger partial charge in [-0.15, -0.1) is 0 Å². The molecule has 4 heteroatoms. The van der Waals surface area contributed by atoms with Crippen LogP contribution in [0.5, 0.6) is 0 Å². The van der Waals surface area contributed by atoms with Crippen molar-refractivity contribution in [2.45, 2.75) is 52.3 Å². The van der Waals surface area contributed by atoms with E-state index in [0.29, 0.717) is 13.2 Å². The van der Waals surface area contributed by atoms with Gasteiger partial charge in [-0.2, -0.15) is 0 Å². The molecule has 1 aliphatic heterocycles. The van der Waals surface area contributed by atoms with Crippen LogP contribution in [0.3, 0.4) is 0 Å². The van der Waals surface area contributed by atoms with Crippen molar-refractivity contribution >= 4 is 5.91 Å². The Kier molecular flexibility index (Phi) is 6.40. The molecule has 0 bridgehead atoms. The van der Waals surface area contributed by atoms with E-state index in [2.05, 4.69) is 41.4 Å². The number of nitrogens with one attached hydrogen (secondary N) is 1. The standard InChI is InChI=1S/C18H28N2O2/c1-14(2)22-11-9-19-18(21)17-8-5-10-20(17)13-16-7-4-6-15(3)12-16/h4,6-7,12,14,17H,5,8-11,13H2,1-3H3,(H,19,21). The van der Waals surface area contributed by atoms with Gasteiger partial charge in [0.05, 0.1) is 18.8 Å². The quantitative estimate of drug-likeness (QED) is 0.787. The molecule has 1 atom stereocenters. The van der Waals surface area contributed by atoms with Crippen molar-refractivity contribution in [1.82, 2.24) is 10.2 Å². The van der Waals surface area contributed by atoms with Gasteiger partial charge < -0.3 is 10.1 Å². The zero-order valence-electron chi connectivity index (χ0n) is 14.0. The van der Waals surface area contributed by atoms with Gasteiger partial charge in [0.15, 0.2) is 0 Å². The molecular weight excluding hydrogens is 276 g/mol. The average Bonchev–Trinajstić information content (AvgIpc) is 2.91. The highest BCUT2D eigenvalue weighted by atomic mass is 16.5. The Bertz CT molecular complexity index is 488. The Morgan fingerprint density at radius 1 is 1.45 bits per heavy atom. The van der Waals surface area contributed by atoms with Crippen LogP contribution < -0.4 is 5.32 Å². The third-order valence-electron chi connectivity index (χ3n) is 3.99. The zero-order chi connectivity index (χ0) is 15.9.